The number of benzene rings is 2. The molecule has 0 spiro atoms. The normalized spacial score (nSPS) is 18.5. The van der Waals surface area contributed by atoms with Gasteiger partial charge in [0, 0.05) is 38.9 Å². The molecule has 1 aliphatic heterocycles. The summed E-state index contributed by atoms with van der Waals surface area (Å²) in [7, 11) is 5.41. The van der Waals surface area contributed by atoms with E-state index in [1.54, 1.807) is 12.0 Å². The molecular weight excluding hydrogens is 398 g/mol. The van der Waals surface area contributed by atoms with E-state index < -0.39 is 5.41 Å². The second kappa shape index (κ2) is 9.53. The van der Waals surface area contributed by atoms with Gasteiger partial charge in [-0.25, -0.2) is 0 Å². The molecule has 1 fully saturated rings. The Morgan fingerprint density at radius 3 is 2.50 bits per heavy atom. The van der Waals surface area contributed by atoms with Crippen LogP contribution in [0.15, 0.2) is 72.9 Å². The molecule has 2 aromatic carbocycles. The molecule has 5 nitrogen and oxygen atoms in total. The summed E-state index contributed by atoms with van der Waals surface area (Å²) in [5.74, 6) is 1.07. The zero-order valence-corrected chi connectivity index (χ0v) is 19.1. The number of para-hydroxylation sites is 1. The number of amides is 1. The minimum absolute atomic E-state index is 0.204. The van der Waals surface area contributed by atoms with E-state index >= 15 is 0 Å². The average Bonchev–Trinajstić information content (AvgIpc) is 3.22. The lowest BCUT2D eigenvalue weighted by atomic mass is 9.79. The summed E-state index contributed by atoms with van der Waals surface area (Å²) >= 11 is 0. The van der Waals surface area contributed by atoms with E-state index in [0.29, 0.717) is 0 Å². The third kappa shape index (κ3) is 4.68. The zero-order valence-electron chi connectivity index (χ0n) is 19.1. The molecule has 0 N–H and O–H groups in total. The van der Waals surface area contributed by atoms with Crippen molar-refractivity contribution in [3.8, 4) is 16.9 Å². The van der Waals surface area contributed by atoms with E-state index in [9.17, 15) is 4.79 Å². The molecule has 166 valence electrons. The quantitative estimate of drug-likeness (QED) is 0.562. The number of ether oxygens (including phenoxy) is 1. The minimum atomic E-state index is -0.412. The zero-order chi connectivity index (χ0) is 22.6. The van der Waals surface area contributed by atoms with Gasteiger partial charge in [-0.05, 0) is 48.7 Å². The van der Waals surface area contributed by atoms with Gasteiger partial charge in [0.15, 0.2) is 0 Å². The van der Waals surface area contributed by atoms with Crippen molar-refractivity contribution in [2.24, 2.45) is 5.41 Å². The first-order chi connectivity index (χ1) is 15.5. The van der Waals surface area contributed by atoms with Crippen molar-refractivity contribution in [2.45, 2.75) is 19.4 Å². The third-order valence-corrected chi connectivity index (χ3v) is 6.32. The Hall–Kier alpha value is -3.18. The monoisotopic (exact) mass is 429 g/mol. The van der Waals surface area contributed by atoms with Gasteiger partial charge in [-0.15, -0.1) is 0 Å². The van der Waals surface area contributed by atoms with Crippen LogP contribution in [0.2, 0.25) is 0 Å². The maximum absolute atomic E-state index is 13.3. The van der Waals surface area contributed by atoms with Gasteiger partial charge in [0.25, 0.3) is 0 Å². The molecule has 1 aliphatic rings. The van der Waals surface area contributed by atoms with Crippen LogP contribution in [0.1, 0.15) is 17.7 Å². The molecule has 4 rings (SSSR count). The van der Waals surface area contributed by atoms with Crippen LogP contribution >= 0.6 is 0 Å². The number of hydrogen-bond donors (Lipinski definition) is 0. The molecule has 32 heavy (non-hydrogen) atoms. The Morgan fingerprint density at radius 2 is 1.81 bits per heavy atom. The summed E-state index contributed by atoms with van der Waals surface area (Å²) in [6, 6.07) is 22.6. The Morgan fingerprint density at radius 1 is 1.06 bits per heavy atom. The molecule has 1 unspecified atom stereocenters. The summed E-state index contributed by atoms with van der Waals surface area (Å²) in [4.78, 5) is 21.9. The maximum atomic E-state index is 13.3. The van der Waals surface area contributed by atoms with Crippen molar-refractivity contribution < 1.29 is 9.53 Å². The number of pyridine rings is 1. The smallest absolute Gasteiger partial charge is 0.229 e. The number of hydrogen-bond acceptors (Lipinski definition) is 4. The van der Waals surface area contributed by atoms with Crippen LogP contribution < -0.4 is 4.74 Å². The van der Waals surface area contributed by atoms with Gasteiger partial charge >= 0.3 is 0 Å². The summed E-state index contributed by atoms with van der Waals surface area (Å²) in [5.41, 5.74) is 4.00. The highest BCUT2D eigenvalue weighted by atomic mass is 16.5. The molecule has 1 atom stereocenters. The van der Waals surface area contributed by atoms with Gasteiger partial charge in [0.1, 0.15) is 5.75 Å². The van der Waals surface area contributed by atoms with E-state index in [2.05, 4.69) is 40.2 Å². The van der Waals surface area contributed by atoms with Crippen LogP contribution in [-0.4, -0.2) is 55.0 Å². The second-order valence-electron chi connectivity index (χ2n) is 8.84. The van der Waals surface area contributed by atoms with E-state index in [4.69, 9.17) is 4.74 Å². The van der Waals surface area contributed by atoms with Crippen molar-refractivity contribution in [3.05, 3.63) is 84.2 Å². The van der Waals surface area contributed by atoms with Gasteiger partial charge < -0.3 is 9.64 Å². The topological polar surface area (TPSA) is 45.7 Å². The number of nitrogens with zero attached hydrogens (tertiary/aromatic N) is 3. The summed E-state index contributed by atoms with van der Waals surface area (Å²) in [6.45, 7) is 2.42. The lowest BCUT2D eigenvalue weighted by Crippen LogP contribution is -2.43. The number of aromatic nitrogens is 1. The van der Waals surface area contributed by atoms with Crippen LogP contribution in [0, 0.1) is 5.41 Å². The molecule has 0 radical (unpaired) electrons. The van der Waals surface area contributed by atoms with Crippen molar-refractivity contribution in [2.75, 3.05) is 34.3 Å². The molecule has 1 aromatic heterocycles. The number of carbonyl (C=O) groups is 1. The Kier molecular flexibility index (Phi) is 6.56. The molecule has 2 heterocycles. The van der Waals surface area contributed by atoms with Gasteiger partial charge in [-0.3, -0.25) is 14.7 Å². The van der Waals surface area contributed by atoms with Crippen molar-refractivity contribution in [1.82, 2.24) is 14.8 Å². The fraction of sp³-hybridized carbons (Fsp3) is 0.333. The number of likely N-dealkylation sites (tertiary alicyclic amines) is 1. The van der Waals surface area contributed by atoms with Gasteiger partial charge in [0.05, 0.1) is 18.2 Å². The van der Waals surface area contributed by atoms with Crippen molar-refractivity contribution in [3.63, 3.8) is 0 Å². The fourth-order valence-electron chi connectivity index (χ4n) is 4.76. The first-order valence-electron chi connectivity index (χ1n) is 11.1. The third-order valence-electron chi connectivity index (χ3n) is 6.32. The largest absolute Gasteiger partial charge is 0.496 e. The van der Waals surface area contributed by atoms with Crippen molar-refractivity contribution in [1.29, 1.82) is 0 Å². The Labute approximate surface area is 190 Å². The van der Waals surface area contributed by atoms with Crippen LogP contribution in [0.5, 0.6) is 5.75 Å². The average molecular weight is 430 g/mol. The second-order valence-corrected chi connectivity index (χ2v) is 8.84. The highest BCUT2D eigenvalue weighted by Gasteiger charge is 2.45. The number of carbonyl (C=O) groups excluding carboxylic acids is 1. The van der Waals surface area contributed by atoms with Gasteiger partial charge in [0.2, 0.25) is 5.91 Å². The predicted octanol–water partition coefficient (Wildman–Crippen LogP) is 4.28. The Bertz CT molecular complexity index is 1050. The molecule has 0 aliphatic carbocycles. The van der Waals surface area contributed by atoms with Gasteiger partial charge in [-0.1, -0.05) is 48.5 Å². The number of methoxy groups -OCH3 is 1. The first-order valence-corrected chi connectivity index (χ1v) is 11.1. The fourth-order valence-corrected chi connectivity index (χ4v) is 4.76. The molecule has 0 bridgehead atoms. The summed E-state index contributed by atoms with van der Waals surface area (Å²) < 4.78 is 5.51. The van der Waals surface area contributed by atoms with E-state index in [1.807, 2.05) is 56.7 Å². The van der Waals surface area contributed by atoms with Gasteiger partial charge in [-0.2, -0.15) is 0 Å². The van der Waals surface area contributed by atoms with E-state index in [-0.39, 0.29) is 5.91 Å². The Balaban J connectivity index is 1.54. The van der Waals surface area contributed by atoms with E-state index in [1.165, 1.54) is 5.56 Å². The molecule has 1 amide bonds. The lowest BCUT2D eigenvalue weighted by Gasteiger charge is -2.31. The maximum Gasteiger partial charge on any atom is 0.229 e. The highest BCUT2D eigenvalue weighted by molar-refractivity contribution is 5.83. The van der Waals surface area contributed by atoms with E-state index in [0.717, 1.165) is 55.0 Å². The standard InChI is InChI=1S/C27H31N3O2/c1-29(2)26(31)27(15-17-30(20-27)19-23-8-6-7-16-28-23)18-21-11-13-22(14-12-21)24-9-4-5-10-25(24)32-3/h4-14,16H,15,17-20H2,1-3H3. The lowest BCUT2D eigenvalue weighted by molar-refractivity contribution is -0.138. The first kappa shape index (κ1) is 22.0. The molecular formula is C27H31N3O2. The molecule has 0 saturated carbocycles. The van der Waals surface area contributed by atoms with Crippen LogP contribution in [0.4, 0.5) is 0 Å². The van der Waals surface area contributed by atoms with Crippen molar-refractivity contribution >= 4 is 5.91 Å². The minimum Gasteiger partial charge on any atom is -0.496 e. The molecule has 5 heteroatoms. The van der Waals surface area contributed by atoms with Crippen LogP contribution in [0.3, 0.4) is 0 Å². The highest BCUT2D eigenvalue weighted by Crippen LogP contribution is 2.37. The summed E-state index contributed by atoms with van der Waals surface area (Å²) in [5, 5.41) is 0. The predicted molar refractivity (Wildman–Crippen MR) is 127 cm³/mol. The molecule has 1 saturated heterocycles. The number of rotatable bonds is 7. The SMILES string of the molecule is COc1ccccc1-c1ccc(CC2(C(=O)N(C)C)CCN(Cc3ccccn3)C2)cc1. The molecule has 3 aromatic rings. The van der Waals surface area contributed by atoms with Crippen LogP contribution in [0.25, 0.3) is 11.1 Å². The van der Waals surface area contributed by atoms with Crippen LogP contribution in [-0.2, 0) is 17.8 Å². The summed E-state index contributed by atoms with van der Waals surface area (Å²) in [6.07, 6.45) is 3.41.